The van der Waals surface area contributed by atoms with Gasteiger partial charge in [0.15, 0.2) is 12.2 Å². The van der Waals surface area contributed by atoms with E-state index < -0.39 is 97.5 Å². The van der Waals surface area contributed by atoms with Gasteiger partial charge in [-0.2, -0.15) is 0 Å². The monoisotopic (exact) mass is 1250 g/mol. The summed E-state index contributed by atoms with van der Waals surface area (Å²) < 4.78 is 68.1. The van der Waals surface area contributed by atoms with E-state index in [1.165, 1.54) is 141 Å². The number of unbranched alkanes of at least 4 members (excludes halogenated alkanes) is 33. The second kappa shape index (κ2) is 58.4. The van der Waals surface area contributed by atoms with Crippen molar-refractivity contribution in [3.8, 4) is 0 Å². The maximum atomic E-state index is 13.0. The number of aliphatic hydroxyl groups is 1. The van der Waals surface area contributed by atoms with Gasteiger partial charge in [0, 0.05) is 25.7 Å². The Hall–Kier alpha value is -1.94. The molecule has 0 saturated heterocycles. The number of rotatable bonds is 65. The molecule has 0 bridgehead atoms. The first-order valence-corrected chi connectivity index (χ1v) is 37.6. The lowest BCUT2D eigenvalue weighted by Gasteiger charge is -2.21. The molecule has 0 fully saturated rings. The zero-order valence-corrected chi connectivity index (χ0v) is 56.7. The summed E-state index contributed by atoms with van der Waals surface area (Å²) in [5.41, 5.74) is 0. The number of esters is 4. The molecule has 0 amide bonds. The van der Waals surface area contributed by atoms with Crippen LogP contribution in [-0.2, 0) is 65.4 Å². The van der Waals surface area contributed by atoms with E-state index in [2.05, 4.69) is 41.5 Å². The molecule has 0 rings (SSSR count). The minimum absolute atomic E-state index is 0.102. The van der Waals surface area contributed by atoms with E-state index in [1.54, 1.807) is 0 Å². The van der Waals surface area contributed by atoms with Crippen LogP contribution in [0.1, 0.15) is 330 Å². The molecule has 0 aliphatic carbocycles. The Labute approximate surface area is 517 Å². The quantitative estimate of drug-likeness (QED) is 0.0222. The number of aliphatic hydroxyl groups excluding tert-OH is 1. The van der Waals surface area contributed by atoms with Crippen LogP contribution in [0.4, 0.5) is 0 Å². The van der Waals surface area contributed by atoms with Crippen molar-refractivity contribution in [2.45, 2.75) is 349 Å². The Kier molecular flexibility index (Phi) is 57.1. The van der Waals surface area contributed by atoms with Crippen molar-refractivity contribution in [1.82, 2.24) is 0 Å². The zero-order valence-electron chi connectivity index (χ0n) is 54.9. The van der Waals surface area contributed by atoms with Gasteiger partial charge in [-0.05, 0) is 37.5 Å². The molecule has 3 N–H and O–H groups in total. The van der Waals surface area contributed by atoms with Gasteiger partial charge in [-0.3, -0.25) is 37.3 Å². The van der Waals surface area contributed by atoms with Crippen LogP contribution >= 0.6 is 15.6 Å². The molecule has 0 aliphatic heterocycles. The molecular weight excluding hydrogens is 1130 g/mol. The first kappa shape index (κ1) is 83.1. The van der Waals surface area contributed by atoms with E-state index in [9.17, 15) is 43.2 Å². The summed E-state index contributed by atoms with van der Waals surface area (Å²) in [7, 11) is -9.89. The summed E-state index contributed by atoms with van der Waals surface area (Å²) in [6, 6.07) is 0. The standard InChI is InChI=1S/C66H128O17P2/c1-7-11-13-15-17-19-21-22-23-25-27-29-38-44-50-65(70)82-61(54-76-63(68)48-42-36-28-26-24-20-18-16-14-12-8-2)56-80-84(72,73)78-52-60(67)53-79-85(74,75)81-57-62(83-66(71)51-45-39-33-31-35-41-47-59(6)10-4)55-77-64(69)49-43-37-32-30-34-40-46-58(5)9-3/h58-62,67H,7-57H2,1-6H3,(H,72,73)(H,74,75)/t58?,59?,60-,61-,62-/m1/s1. The molecule has 4 unspecified atom stereocenters. The first-order chi connectivity index (χ1) is 40.9. The lowest BCUT2D eigenvalue weighted by Crippen LogP contribution is -2.30. The van der Waals surface area contributed by atoms with Crippen molar-refractivity contribution in [3.05, 3.63) is 0 Å². The lowest BCUT2D eigenvalue weighted by molar-refractivity contribution is -0.161. The Morgan fingerprint density at radius 1 is 0.329 bits per heavy atom. The summed E-state index contributed by atoms with van der Waals surface area (Å²) in [6.07, 6.45) is 41.6. The normalized spacial score (nSPS) is 14.9. The Balaban J connectivity index is 5.25. The van der Waals surface area contributed by atoms with Crippen LogP contribution in [0.15, 0.2) is 0 Å². The number of hydrogen-bond donors (Lipinski definition) is 3. The average molecular weight is 1260 g/mol. The zero-order chi connectivity index (χ0) is 62.9. The van der Waals surface area contributed by atoms with Gasteiger partial charge in [0.2, 0.25) is 0 Å². The topological polar surface area (TPSA) is 237 Å². The number of hydrogen-bond acceptors (Lipinski definition) is 15. The van der Waals surface area contributed by atoms with Crippen molar-refractivity contribution in [2.75, 3.05) is 39.6 Å². The SMILES string of the molecule is CCCCCCCCCCCCCCCCC(=O)O[C@H](COC(=O)CCCCCCCCCCCCC)COP(=O)(O)OC[C@@H](O)COP(=O)(O)OC[C@@H](COC(=O)CCCCCCCCC(C)CC)OC(=O)CCCCCCCCC(C)CC. The van der Waals surface area contributed by atoms with E-state index in [0.29, 0.717) is 25.7 Å². The maximum Gasteiger partial charge on any atom is 0.472 e. The van der Waals surface area contributed by atoms with Crippen LogP contribution in [-0.4, -0.2) is 96.7 Å². The van der Waals surface area contributed by atoms with Gasteiger partial charge in [-0.1, -0.05) is 279 Å². The van der Waals surface area contributed by atoms with Crippen LogP contribution in [0.25, 0.3) is 0 Å². The first-order valence-electron chi connectivity index (χ1n) is 34.6. The molecule has 0 aliphatic rings. The number of carbonyl (C=O) groups is 4. The van der Waals surface area contributed by atoms with Gasteiger partial charge in [-0.25, -0.2) is 9.13 Å². The third-order valence-electron chi connectivity index (χ3n) is 15.9. The Morgan fingerprint density at radius 3 is 0.835 bits per heavy atom. The molecule has 0 spiro atoms. The highest BCUT2D eigenvalue weighted by Gasteiger charge is 2.30. The fraction of sp³-hybridized carbons (Fsp3) is 0.939. The molecule has 0 heterocycles. The fourth-order valence-corrected chi connectivity index (χ4v) is 11.4. The van der Waals surface area contributed by atoms with Crippen LogP contribution in [0.5, 0.6) is 0 Å². The molecule has 0 saturated carbocycles. The third kappa shape index (κ3) is 58.2. The summed E-state index contributed by atoms with van der Waals surface area (Å²) in [4.78, 5) is 72.3. The van der Waals surface area contributed by atoms with Crippen LogP contribution in [0.3, 0.4) is 0 Å². The lowest BCUT2D eigenvalue weighted by atomic mass is 10.00. The predicted molar refractivity (Wildman–Crippen MR) is 340 cm³/mol. The van der Waals surface area contributed by atoms with E-state index in [1.807, 2.05) is 0 Å². The molecular formula is C66H128O17P2. The Bertz CT molecular complexity index is 1670. The average Bonchev–Trinajstić information content (AvgIpc) is 3.51. The highest BCUT2D eigenvalue weighted by molar-refractivity contribution is 7.47. The van der Waals surface area contributed by atoms with Gasteiger partial charge < -0.3 is 33.8 Å². The molecule has 0 aromatic rings. The summed E-state index contributed by atoms with van der Waals surface area (Å²) in [5.74, 6) is -0.681. The second-order valence-electron chi connectivity index (χ2n) is 24.3. The van der Waals surface area contributed by atoms with Crippen LogP contribution in [0.2, 0.25) is 0 Å². The van der Waals surface area contributed by atoms with Crippen molar-refractivity contribution in [2.24, 2.45) is 11.8 Å². The molecule has 0 aromatic heterocycles. The van der Waals surface area contributed by atoms with E-state index in [4.69, 9.17) is 37.0 Å². The number of carbonyl (C=O) groups excluding carboxylic acids is 4. The summed E-state index contributed by atoms with van der Waals surface area (Å²) >= 11 is 0. The number of phosphoric acid groups is 2. The molecule has 0 aromatic carbocycles. The molecule has 7 atom stereocenters. The molecule has 504 valence electrons. The Morgan fingerprint density at radius 2 is 0.565 bits per heavy atom. The summed E-state index contributed by atoms with van der Waals surface area (Å²) in [5, 5.41) is 10.6. The number of ether oxygens (including phenoxy) is 4. The van der Waals surface area contributed by atoms with E-state index in [-0.39, 0.29) is 25.7 Å². The largest absolute Gasteiger partial charge is 0.472 e. The molecule has 0 radical (unpaired) electrons. The van der Waals surface area contributed by atoms with Crippen molar-refractivity contribution < 1.29 is 80.2 Å². The van der Waals surface area contributed by atoms with Crippen molar-refractivity contribution >= 4 is 39.5 Å². The van der Waals surface area contributed by atoms with Crippen LogP contribution in [0, 0.1) is 11.8 Å². The van der Waals surface area contributed by atoms with E-state index >= 15 is 0 Å². The maximum absolute atomic E-state index is 13.0. The van der Waals surface area contributed by atoms with Crippen LogP contribution < -0.4 is 0 Å². The molecule has 17 nitrogen and oxygen atoms in total. The minimum atomic E-state index is -4.95. The van der Waals surface area contributed by atoms with Crippen molar-refractivity contribution in [1.29, 1.82) is 0 Å². The van der Waals surface area contributed by atoms with Gasteiger partial charge in [0.05, 0.1) is 26.4 Å². The second-order valence-corrected chi connectivity index (χ2v) is 27.2. The fourth-order valence-electron chi connectivity index (χ4n) is 9.82. The number of phosphoric ester groups is 2. The molecule has 85 heavy (non-hydrogen) atoms. The van der Waals surface area contributed by atoms with Gasteiger partial charge in [-0.15, -0.1) is 0 Å². The van der Waals surface area contributed by atoms with Crippen molar-refractivity contribution in [3.63, 3.8) is 0 Å². The highest BCUT2D eigenvalue weighted by atomic mass is 31.2. The predicted octanol–water partition coefficient (Wildman–Crippen LogP) is 18.4. The van der Waals surface area contributed by atoms with E-state index in [0.717, 1.165) is 108 Å². The van der Waals surface area contributed by atoms with Gasteiger partial charge >= 0.3 is 39.5 Å². The van der Waals surface area contributed by atoms with Gasteiger partial charge in [0.1, 0.15) is 19.3 Å². The summed E-state index contributed by atoms with van der Waals surface area (Å²) in [6.45, 7) is 9.42. The highest BCUT2D eigenvalue weighted by Crippen LogP contribution is 2.45. The smallest absolute Gasteiger partial charge is 0.462 e. The molecule has 19 heteroatoms. The van der Waals surface area contributed by atoms with Gasteiger partial charge in [0.25, 0.3) is 0 Å². The minimum Gasteiger partial charge on any atom is -0.462 e. The third-order valence-corrected chi connectivity index (χ3v) is 17.8.